The van der Waals surface area contributed by atoms with Crippen LogP contribution in [0.2, 0.25) is 0 Å². The van der Waals surface area contributed by atoms with E-state index in [0.717, 1.165) is 24.5 Å². The van der Waals surface area contributed by atoms with E-state index in [1.807, 2.05) is 6.92 Å². The zero-order valence-electron chi connectivity index (χ0n) is 11.4. The first-order chi connectivity index (χ1) is 9.61. The summed E-state index contributed by atoms with van der Waals surface area (Å²) in [6.07, 6.45) is 2.11. The molecular weight excluding hydrogens is 260 g/mol. The predicted octanol–water partition coefficient (Wildman–Crippen LogP) is 3.65. The minimum absolute atomic E-state index is 0.184. The number of hydrogen-bond donors (Lipinski definition) is 1. The molecule has 1 fully saturated rings. The molecule has 1 aliphatic carbocycles. The van der Waals surface area contributed by atoms with Gasteiger partial charge in [0.25, 0.3) is 0 Å². The fraction of sp³-hybridized carbons (Fsp3) is 0.333. The van der Waals surface area contributed by atoms with Crippen LogP contribution in [0.25, 0.3) is 11.3 Å². The second-order valence-electron chi connectivity index (χ2n) is 5.03. The van der Waals surface area contributed by atoms with Crippen molar-refractivity contribution in [3.8, 4) is 11.3 Å². The van der Waals surface area contributed by atoms with Crippen molar-refractivity contribution < 1.29 is 8.78 Å². The van der Waals surface area contributed by atoms with Gasteiger partial charge in [-0.25, -0.2) is 18.7 Å². The fourth-order valence-electron chi connectivity index (χ4n) is 2.25. The maximum atomic E-state index is 14.0. The number of anilines is 1. The van der Waals surface area contributed by atoms with Gasteiger partial charge in [0.1, 0.15) is 11.6 Å². The van der Waals surface area contributed by atoms with Crippen LogP contribution in [0.5, 0.6) is 0 Å². The molecule has 3 nitrogen and oxygen atoms in total. The summed E-state index contributed by atoms with van der Waals surface area (Å²) in [5.74, 6) is -0.00478. The van der Waals surface area contributed by atoms with Crippen LogP contribution in [0.4, 0.5) is 14.6 Å². The molecule has 3 rings (SSSR count). The quantitative estimate of drug-likeness (QED) is 0.929. The highest BCUT2D eigenvalue weighted by molar-refractivity contribution is 5.68. The first-order valence-electron chi connectivity index (χ1n) is 6.62. The van der Waals surface area contributed by atoms with E-state index in [1.165, 1.54) is 6.07 Å². The van der Waals surface area contributed by atoms with E-state index in [2.05, 4.69) is 15.3 Å². The van der Waals surface area contributed by atoms with E-state index < -0.39 is 11.6 Å². The third kappa shape index (κ3) is 2.13. The third-order valence-corrected chi connectivity index (χ3v) is 3.55. The lowest BCUT2D eigenvalue weighted by atomic mass is 10.1. The van der Waals surface area contributed by atoms with Crippen molar-refractivity contribution in [2.24, 2.45) is 0 Å². The molecule has 1 aliphatic rings. The molecule has 0 amide bonds. The molecule has 1 heterocycles. The molecule has 0 unspecified atom stereocenters. The van der Waals surface area contributed by atoms with Crippen molar-refractivity contribution in [3.05, 3.63) is 41.2 Å². The van der Waals surface area contributed by atoms with Gasteiger partial charge >= 0.3 is 0 Å². The number of nitrogens with one attached hydrogen (secondary N) is 1. The van der Waals surface area contributed by atoms with Gasteiger partial charge in [-0.1, -0.05) is 6.07 Å². The largest absolute Gasteiger partial charge is 0.373 e. The molecule has 0 aliphatic heterocycles. The predicted molar refractivity (Wildman–Crippen MR) is 73.6 cm³/mol. The summed E-state index contributed by atoms with van der Waals surface area (Å²) >= 11 is 0. The molecule has 1 aromatic carbocycles. The lowest BCUT2D eigenvalue weighted by molar-refractivity contribution is 0.511. The number of rotatable bonds is 3. The molecule has 0 bridgehead atoms. The molecular formula is C15H15F2N3. The Kier molecular flexibility index (Phi) is 3.12. The van der Waals surface area contributed by atoms with Crippen molar-refractivity contribution in [2.75, 3.05) is 12.4 Å². The molecule has 0 saturated heterocycles. The van der Waals surface area contributed by atoms with Crippen LogP contribution < -0.4 is 5.32 Å². The molecule has 1 aromatic heterocycles. The summed E-state index contributed by atoms with van der Waals surface area (Å²) in [5, 5.41) is 3.00. The number of hydrogen-bond acceptors (Lipinski definition) is 3. The minimum Gasteiger partial charge on any atom is -0.373 e. The van der Waals surface area contributed by atoms with Crippen LogP contribution in [-0.2, 0) is 0 Å². The molecule has 20 heavy (non-hydrogen) atoms. The van der Waals surface area contributed by atoms with Crippen LogP contribution in [0.3, 0.4) is 0 Å². The second kappa shape index (κ2) is 4.81. The maximum absolute atomic E-state index is 14.0. The Bertz CT molecular complexity index is 666. The summed E-state index contributed by atoms with van der Waals surface area (Å²) in [6, 6.07) is 4.14. The lowest BCUT2D eigenvalue weighted by Gasteiger charge is -2.13. The Morgan fingerprint density at radius 3 is 2.60 bits per heavy atom. The van der Waals surface area contributed by atoms with Gasteiger partial charge in [-0.3, -0.25) is 0 Å². The Balaban J connectivity index is 2.21. The topological polar surface area (TPSA) is 37.8 Å². The average Bonchev–Trinajstić information content (AvgIpc) is 3.27. The molecule has 5 heteroatoms. The van der Waals surface area contributed by atoms with Crippen LogP contribution >= 0.6 is 0 Å². The van der Waals surface area contributed by atoms with Crippen molar-refractivity contribution in [1.82, 2.24) is 9.97 Å². The van der Waals surface area contributed by atoms with E-state index >= 15 is 0 Å². The molecule has 1 saturated carbocycles. The van der Waals surface area contributed by atoms with Gasteiger partial charge < -0.3 is 5.32 Å². The van der Waals surface area contributed by atoms with Crippen LogP contribution in [0.1, 0.15) is 30.1 Å². The number of benzene rings is 1. The van der Waals surface area contributed by atoms with Gasteiger partial charge in [-0.05, 0) is 31.9 Å². The molecule has 0 atom stereocenters. The molecule has 2 aromatic rings. The second-order valence-corrected chi connectivity index (χ2v) is 5.03. The normalized spacial score (nSPS) is 14.4. The standard InChI is InChI=1S/C15H15F2N3/c1-8-13(10-4-3-5-11(16)12(10)17)19-15(9-6-7-9)20-14(8)18-2/h3-5,9H,6-7H2,1-2H3,(H,18,19,20). The SMILES string of the molecule is CNc1nc(C2CC2)nc(-c2cccc(F)c2F)c1C. The number of halogens is 2. The lowest BCUT2D eigenvalue weighted by Crippen LogP contribution is -2.05. The zero-order chi connectivity index (χ0) is 14.3. The fourth-order valence-corrected chi connectivity index (χ4v) is 2.25. The van der Waals surface area contributed by atoms with E-state index in [1.54, 1.807) is 13.1 Å². The highest BCUT2D eigenvalue weighted by Crippen LogP contribution is 2.40. The number of aromatic nitrogens is 2. The van der Waals surface area contributed by atoms with Gasteiger partial charge in [-0.2, -0.15) is 0 Å². The van der Waals surface area contributed by atoms with Gasteiger partial charge in [-0.15, -0.1) is 0 Å². The first kappa shape index (κ1) is 13.0. The smallest absolute Gasteiger partial charge is 0.168 e. The van der Waals surface area contributed by atoms with E-state index in [0.29, 0.717) is 23.3 Å². The van der Waals surface area contributed by atoms with E-state index in [4.69, 9.17) is 0 Å². The molecule has 0 spiro atoms. The maximum Gasteiger partial charge on any atom is 0.168 e. The number of nitrogens with zero attached hydrogens (tertiary/aromatic N) is 2. The summed E-state index contributed by atoms with van der Waals surface area (Å²) in [6.45, 7) is 1.81. The van der Waals surface area contributed by atoms with Gasteiger partial charge in [0, 0.05) is 24.1 Å². The van der Waals surface area contributed by atoms with E-state index in [-0.39, 0.29) is 5.56 Å². The average molecular weight is 275 g/mol. The third-order valence-electron chi connectivity index (χ3n) is 3.55. The Morgan fingerprint density at radius 1 is 1.20 bits per heavy atom. The Labute approximate surface area is 116 Å². The summed E-state index contributed by atoms with van der Waals surface area (Å²) in [4.78, 5) is 8.91. The molecule has 1 N–H and O–H groups in total. The molecule has 104 valence electrons. The van der Waals surface area contributed by atoms with Gasteiger partial charge in [0.15, 0.2) is 11.6 Å². The van der Waals surface area contributed by atoms with Crippen LogP contribution in [0.15, 0.2) is 18.2 Å². The van der Waals surface area contributed by atoms with Crippen molar-refractivity contribution in [1.29, 1.82) is 0 Å². The van der Waals surface area contributed by atoms with E-state index in [9.17, 15) is 8.78 Å². The van der Waals surface area contributed by atoms with Crippen molar-refractivity contribution >= 4 is 5.82 Å². The summed E-state index contributed by atoms with van der Waals surface area (Å²) in [5.41, 5.74) is 1.37. The Hall–Kier alpha value is -2.04. The molecule has 0 radical (unpaired) electrons. The zero-order valence-corrected chi connectivity index (χ0v) is 11.4. The van der Waals surface area contributed by atoms with Crippen molar-refractivity contribution in [2.45, 2.75) is 25.7 Å². The minimum atomic E-state index is -0.863. The monoisotopic (exact) mass is 275 g/mol. The van der Waals surface area contributed by atoms with Gasteiger partial charge in [0.2, 0.25) is 0 Å². The summed E-state index contributed by atoms with van der Waals surface area (Å²) < 4.78 is 27.4. The summed E-state index contributed by atoms with van der Waals surface area (Å²) in [7, 11) is 1.76. The van der Waals surface area contributed by atoms with Crippen LogP contribution in [0, 0.1) is 18.6 Å². The highest BCUT2D eigenvalue weighted by Gasteiger charge is 2.28. The Morgan fingerprint density at radius 2 is 1.95 bits per heavy atom. The highest BCUT2D eigenvalue weighted by atomic mass is 19.2. The van der Waals surface area contributed by atoms with Crippen molar-refractivity contribution in [3.63, 3.8) is 0 Å². The first-order valence-corrected chi connectivity index (χ1v) is 6.62. The van der Waals surface area contributed by atoms with Crippen LogP contribution in [-0.4, -0.2) is 17.0 Å². The van der Waals surface area contributed by atoms with Gasteiger partial charge in [0.05, 0.1) is 5.69 Å².